The van der Waals surface area contributed by atoms with Crippen LogP contribution in [0.15, 0.2) is 42.5 Å². The fourth-order valence-corrected chi connectivity index (χ4v) is 5.42. The molecule has 0 nitrogen and oxygen atoms in total. The summed E-state index contributed by atoms with van der Waals surface area (Å²) < 4.78 is 0.906. The zero-order valence-electron chi connectivity index (χ0n) is 7.18. The molecule has 0 radical (unpaired) electrons. The number of benzene rings is 2. The Kier molecular flexibility index (Phi) is 3.17. The van der Waals surface area contributed by atoms with E-state index in [0.29, 0.717) is 0 Å². The van der Waals surface area contributed by atoms with Crippen molar-refractivity contribution in [3.05, 3.63) is 42.5 Å². The van der Waals surface area contributed by atoms with Crippen LogP contribution in [0.3, 0.4) is 0 Å². The molecule has 0 aliphatic rings. The van der Waals surface area contributed by atoms with Crippen LogP contribution in [-0.4, -0.2) is 15.0 Å². The Morgan fingerprint density at radius 1 is 0.786 bits per heavy atom. The minimum atomic E-state index is -3.45. The van der Waals surface area contributed by atoms with E-state index in [0.717, 1.165) is 8.97 Å². The summed E-state index contributed by atoms with van der Waals surface area (Å²) in [5.74, 6) is 0. The number of hydrogen-bond acceptors (Lipinski definition) is 0. The zero-order chi connectivity index (χ0) is 10.2. The first kappa shape index (κ1) is 10.9. The van der Waals surface area contributed by atoms with E-state index in [1.807, 2.05) is 42.5 Å². The van der Waals surface area contributed by atoms with Gasteiger partial charge in [-0.2, -0.15) is 0 Å². The van der Waals surface area contributed by atoms with E-state index in [-0.39, 0.29) is 0 Å². The Morgan fingerprint density at radius 3 is 2.07 bits per heavy atom. The van der Waals surface area contributed by atoms with Gasteiger partial charge in [-0.3, -0.25) is 0 Å². The summed E-state index contributed by atoms with van der Waals surface area (Å²) in [6.45, 7) is 0. The van der Waals surface area contributed by atoms with Crippen molar-refractivity contribution in [1.29, 1.82) is 0 Å². The van der Waals surface area contributed by atoms with Crippen molar-refractivity contribution in [3.8, 4) is 0 Å². The van der Waals surface area contributed by atoms with Gasteiger partial charge in [0.1, 0.15) is 0 Å². The quantitative estimate of drug-likeness (QED) is 0.687. The summed E-state index contributed by atoms with van der Waals surface area (Å²) in [6, 6.07) is 14.0. The van der Waals surface area contributed by atoms with Gasteiger partial charge in [0.2, 0.25) is 0 Å². The molecule has 0 unspecified atom stereocenters. The molecule has 2 rings (SSSR count). The van der Waals surface area contributed by atoms with Crippen LogP contribution in [-0.2, 0) is 0 Å². The monoisotopic (exact) mass is 352 g/mol. The Morgan fingerprint density at radius 2 is 1.43 bits per heavy atom. The molecule has 2 aromatic rings. The molecule has 0 saturated carbocycles. The predicted molar refractivity (Wildman–Crippen MR) is 66.9 cm³/mol. The first-order chi connectivity index (χ1) is 6.57. The SMILES string of the molecule is [Cl][Sn]([Cl])([Cl])[c]1ccc2ccccc2c1. The van der Waals surface area contributed by atoms with Crippen molar-refractivity contribution < 1.29 is 0 Å². The molecule has 0 spiro atoms. The third kappa shape index (κ3) is 2.30. The molecule has 0 atom stereocenters. The molecular formula is C10H7Cl3Sn. The summed E-state index contributed by atoms with van der Waals surface area (Å²) >= 11 is -3.45. The average Bonchev–Trinajstić information content (AvgIpc) is 2.16. The molecule has 0 saturated heterocycles. The van der Waals surface area contributed by atoms with E-state index in [1.54, 1.807) is 0 Å². The van der Waals surface area contributed by atoms with Crippen LogP contribution in [0.25, 0.3) is 10.8 Å². The van der Waals surface area contributed by atoms with Crippen molar-refractivity contribution >= 4 is 56.1 Å². The molecule has 0 amide bonds. The maximum atomic E-state index is 6.00. The second kappa shape index (κ2) is 4.09. The van der Waals surface area contributed by atoms with Gasteiger partial charge in [-0.05, 0) is 0 Å². The van der Waals surface area contributed by atoms with Crippen LogP contribution in [0.1, 0.15) is 0 Å². The molecule has 2 aromatic carbocycles. The molecule has 0 aliphatic carbocycles. The number of rotatable bonds is 1. The Labute approximate surface area is 97.8 Å². The van der Waals surface area contributed by atoms with Gasteiger partial charge in [-0.15, -0.1) is 0 Å². The standard InChI is InChI=1S/C10H7.3ClH.Sn/c1-2-6-10-8-4-3-7-9(10)5-1;;;;/h1-3,5-8H;3*1H;/q;;;;+3/p-3. The van der Waals surface area contributed by atoms with E-state index in [1.165, 1.54) is 5.39 Å². The molecule has 0 bridgehead atoms. The Hall–Kier alpha value is 0.369. The third-order valence-electron chi connectivity index (χ3n) is 2.08. The first-order valence-electron chi connectivity index (χ1n) is 4.13. The molecule has 14 heavy (non-hydrogen) atoms. The van der Waals surface area contributed by atoms with Crippen LogP contribution in [0.5, 0.6) is 0 Å². The van der Waals surface area contributed by atoms with Gasteiger partial charge < -0.3 is 0 Å². The molecule has 72 valence electrons. The molecule has 0 fully saturated rings. The zero-order valence-corrected chi connectivity index (χ0v) is 12.3. The predicted octanol–water partition coefficient (Wildman–Crippen LogP) is 3.70. The van der Waals surface area contributed by atoms with Gasteiger partial charge in [0.15, 0.2) is 0 Å². The van der Waals surface area contributed by atoms with Crippen LogP contribution in [0, 0.1) is 0 Å². The molecular weight excluding hydrogens is 345 g/mol. The Balaban J connectivity index is 2.63. The second-order valence-corrected chi connectivity index (χ2v) is 22.9. The van der Waals surface area contributed by atoms with Crippen molar-refractivity contribution in [1.82, 2.24) is 0 Å². The van der Waals surface area contributed by atoms with E-state index < -0.39 is 15.0 Å². The van der Waals surface area contributed by atoms with E-state index in [4.69, 9.17) is 26.8 Å². The molecule has 0 heterocycles. The fraction of sp³-hybridized carbons (Fsp3) is 0. The Bertz CT molecular complexity index is 462. The van der Waals surface area contributed by atoms with Crippen molar-refractivity contribution in [2.24, 2.45) is 0 Å². The van der Waals surface area contributed by atoms with Crippen molar-refractivity contribution in [2.45, 2.75) is 0 Å². The minimum absolute atomic E-state index is 0.906. The van der Waals surface area contributed by atoms with E-state index in [2.05, 4.69) is 0 Å². The van der Waals surface area contributed by atoms with Gasteiger partial charge in [0, 0.05) is 0 Å². The topological polar surface area (TPSA) is 0 Å². The van der Waals surface area contributed by atoms with Gasteiger partial charge >= 0.3 is 98.6 Å². The van der Waals surface area contributed by atoms with Gasteiger partial charge in [-0.25, -0.2) is 0 Å². The van der Waals surface area contributed by atoms with Crippen LogP contribution in [0.2, 0.25) is 0 Å². The van der Waals surface area contributed by atoms with Crippen LogP contribution >= 0.6 is 26.8 Å². The van der Waals surface area contributed by atoms with Crippen molar-refractivity contribution in [2.75, 3.05) is 0 Å². The molecule has 4 heteroatoms. The average molecular weight is 352 g/mol. The van der Waals surface area contributed by atoms with Crippen molar-refractivity contribution in [3.63, 3.8) is 0 Å². The van der Waals surface area contributed by atoms with Crippen LogP contribution < -0.4 is 3.58 Å². The summed E-state index contributed by atoms with van der Waals surface area (Å²) in [7, 11) is 18.0. The van der Waals surface area contributed by atoms with E-state index in [9.17, 15) is 0 Å². The number of hydrogen-bond donors (Lipinski definition) is 0. The summed E-state index contributed by atoms with van der Waals surface area (Å²) in [6.07, 6.45) is 0. The molecule has 0 N–H and O–H groups in total. The molecule has 0 aliphatic heterocycles. The number of halogens is 3. The summed E-state index contributed by atoms with van der Waals surface area (Å²) in [5, 5.41) is 2.31. The van der Waals surface area contributed by atoms with Crippen LogP contribution in [0.4, 0.5) is 0 Å². The van der Waals surface area contributed by atoms with E-state index >= 15 is 0 Å². The summed E-state index contributed by atoms with van der Waals surface area (Å²) in [5.41, 5.74) is 0. The normalized spacial score (nSPS) is 11.9. The second-order valence-electron chi connectivity index (χ2n) is 3.06. The van der Waals surface area contributed by atoms with Gasteiger partial charge in [0.05, 0.1) is 0 Å². The maximum absolute atomic E-state index is 6.00. The van der Waals surface area contributed by atoms with Gasteiger partial charge in [-0.1, -0.05) is 0 Å². The summed E-state index contributed by atoms with van der Waals surface area (Å²) in [4.78, 5) is 0. The first-order valence-corrected chi connectivity index (χ1v) is 16.4. The third-order valence-corrected chi connectivity index (χ3v) is 9.22. The van der Waals surface area contributed by atoms with Gasteiger partial charge in [0.25, 0.3) is 0 Å². The molecule has 0 aromatic heterocycles. The fourth-order valence-electron chi connectivity index (χ4n) is 1.37. The number of fused-ring (bicyclic) bond motifs is 1.